The molecule has 3 rings (SSSR count). The summed E-state index contributed by atoms with van der Waals surface area (Å²) in [5.41, 5.74) is 0.683. The van der Waals surface area contributed by atoms with Crippen LogP contribution in [-0.4, -0.2) is 37.1 Å². The van der Waals surface area contributed by atoms with Crippen molar-refractivity contribution in [2.45, 2.75) is 32.3 Å². The molecule has 0 spiro atoms. The van der Waals surface area contributed by atoms with Crippen LogP contribution in [0.1, 0.15) is 24.2 Å². The van der Waals surface area contributed by atoms with Gasteiger partial charge in [0, 0.05) is 25.5 Å². The highest BCUT2D eigenvalue weighted by Crippen LogP contribution is 2.19. The number of hydrogen-bond acceptors (Lipinski definition) is 5. The van der Waals surface area contributed by atoms with Crippen LogP contribution in [0.5, 0.6) is 11.5 Å². The number of rotatable bonds is 6. The average molecular weight is 357 g/mol. The number of ether oxygens (including phenoxy) is 2. The molecule has 6 nitrogen and oxygen atoms in total. The molecular formula is C20H23NO5. The molecule has 1 aromatic carbocycles. The molecule has 0 radical (unpaired) electrons. The van der Waals surface area contributed by atoms with Crippen molar-refractivity contribution in [1.82, 2.24) is 4.90 Å². The highest BCUT2D eigenvalue weighted by Gasteiger charge is 2.27. The molecule has 138 valence electrons. The quantitative estimate of drug-likeness (QED) is 0.795. The molecule has 0 aliphatic carbocycles. The number of likely N-dealkylation sites (tertiary alicyclic amines) is 1. The smallest absolute Gasteiger partial charge is 0.339 e. The van der Waals surface area contributed by atoms with Gasteiger partial charge in [0.15, 0.2) is 0 Å². The lowest BCUT2D eigenvalue weighted by Crippen LogP contribution is -2.31. The minimum atomic E-state index is -0.426. The van der Waals surface area contributed by atoms with E-state index in [4.69, 9.17) is 13.9 Å². The van der Waals surface area contributed by atoms with E-state index in [0.717, 1.165) is 17.7 Å². The lowest BCUT2D eigenvalue weighted by atomic mass is 10.1. The average Bonchev–Trinajstić information content (AvgIpc) is 3.07. The third kappa shape index (κ3) is 4.65. The molecule has 1 fully saturated rings. The van der Waals surface area contributed by atoms with Crippen molar-refractivity contribution in [3.63, 3.8) is 0 Å². The van der Waals surface area contributed by atoms with Crippen molar-refractivity contribution in [2.75, 3.05) is 20.2 Å². The molecule has 1 atom stereocenters. The summed E-state index contributed by atoms with van der Waals surface area (Å²) in [6, 6.07) is 10.8. The first-order valence-electron chi connectivity index (χ1n) is 8.72. The summed E-state index contributed by atoms with van der Waals surface area (Å²) in [6.07, 6.45) is 1.82. The van der Waals surface area contributed by atoms with Gasteiger partial charge in [0.2, 0.25) is 5.91 Å². The Hall–Kier alpha value is -2.76. The number of methoxy groups -OCH3 is 1. The Morgan fingerprint density at radius 3 is 2.69 bits per heavy atom. The third-order valence-electron chi connectivity index (χ3n) is 4.45. The van der Waals surface area contributed by atoms with Gasteiger partial charge in [-0.25, -0.2) is 4.79 Å². The van der Waals surface area contributed by atoms with Crippen LogP contribution < -0.4 is 15.1 Å². The van der Waals surface area contributed by atoms with E-state index in [1.807, 2.05) is 29.2 Å². The topological polar surface area (TPSA) is 69.0 Å². The molecule has 0 N–H and O–H groups in total. The Kier molecular flexibility index (Phi) is 5.61. The highest BCUT2D eigenvalue weighted by atomic mass is 16.5. The SMILES string of the molecule is COc1ccc(CCC(=O)N2CCC(Oc3cc(C)oc(=O)c3)C2)cc1. The monoisotopic (exact) mass is 357 g/mol. The summed E-state index contributed by atoms with van der Waals surface area (Å²) in [7, 11) is 1.63. The third-order valence-corrected chi connectivity index (χ3v) is 4.45. The van der Waals surface area contributed by atoms with E-state index in [9.17, 15) is 9.59 Å². The summed E-state index contributed by atoms with van der Waals surface area (Å²) in [5.74, 6) is 1.94. The Morgan fingerprint density at radius 1 is 1.23 bits per heavy atom. The van der Waals surface area contributed by atoms with Crippen molar-refractivity contribution < 1.29 is 18.7 Å². The molecule has 0 bridgehead atoms. The Labute approximate surface area is 152 Å². The molecule has 1 unspecified atom stereocenters. The van der Waals surface area contributed by atoms with Gasteiger partial charge in [-0.2, -0.15) is 0 Å². The summed E-state index contributed by atoms with van der Waals surface area (Å²) in [6.45, 7) is 2.92. The number of nitrogens with zero attached hydrogens (tertiary/aromatic N) is 1. The number of amides is 1. The number of benzene rings is 1. The maximum absolute atomic E-state index is 12.4. The second-order valence-corrected chi connectivity index (χ2v) is 6.44. The van der Waals surface area contributed by atoms with Crippen LogP contribution >= 0.6 is 0 Å². The van der Waals surface area contributed by atoms with Crippen molar-refractivity contribution in [2.24, 2.45) is 0 Å². The van der Waals surface area contributed by atoms with Crippen LogP contribution in [0.2, 0.25) is 0 Å². The van der Waals surface area contributed by atoms with E-state index in [-0.39, 0.29) is 12.0 Å². The van der Waals surface area contributed by atoms with E-state index in [2.05, 4.69) is 0 Å². The summed E-state index contributed by atoms with van der Waals surface area (Å²) in [5, 5.41) is 0. The summed E-state index contributed by atoms with van der Waals surface area (Å²) in [4.78, 5) is 25.7. The standard InChI is InChI=1S/C20H23NO5/c1-14-11-18(12-20(23)25-14)26-17-9-10-21(13-17)19(22)8-5-15-3-6-16(24-2)7-4-15/h3-4,6-7,11-12,17H,5,8-10,13H2,1-2H3. The zero-order chi connectivity index (χ0) is 18.5. The Morgan fingerprint density at radius 2 is 2.00 bits per heavy atom. The molecule has 6 heteroatoms. The second kappa shape index (κ2) is 8.08. The molecule has 1 aromatic heterocycles. The van der Waals surface area contributed by atoms with Gasteiger partial charge in [0.1, 0.15) is 23.4 Å². The predicted octanol–water partition coefficient (Wildman–Crippen LogP) is 2.57. The lowest BCUT2D eigenvalue weighted by Gasteiger charge is -2.17. The molecule has 2 heterocycles. The minimum Gasteiger partial charge on any atom is -0.497 e. The van der Waals surface area contributed by atoms with Crippen molar-refractivity contribution in [3.05, 3.63) is 58.1 Å². The van der Waals surface area contributed by atoms with Crippen molar-refractivity contribution in [1.29, 1.82) is 0 Å². The number of hydrogen-bond donors (Lipinski definition) is 0. The van der Waals surface area contributed by atoms with Crippen LogP contribution in [-0.2, 0) is 11.2 Å². The van der Waals surface area contributed by atoms with Gasteiger partial charge in [-0.05, 0) is 31.0 Å². The largest absolute Gasteiger partial charge is 0.497 e. The normalized spacial score (nSPS) is 16.5. The molecule has 0 saturated carbocycles. The van der Waals surface area contributed by atoms with E-state index in [0.29, 0.717) is 37.4 Å². The maximum Gasteiger partial charge on any atom is 0.339 e. The molecule has 1 saturated heterocycles. The van der Waals surface area contributed by atoms with Gasteiger partial charge < -0.3 is 18.8 Å². The number of carbonyl (C=O) groups excluding carboxylic acids is 1. The van der Waals surface area contributed by atoms with Gasteiger partial charge in [-0.1, -0.05) is 12.1 Å². The van der Waals surface area contributed by atoms with E-state index >= 15 is 0 Å². The van der Waals surface area contributed by atoms with Crippen LogP contribution in [0, 0.1) is 6.92 Å². The lowest BCUT2D eigenvalue weighted by molar-refractivity contribution is -0.130. The van der Waals surface area contributed by atoms with Gasteiger partial charge in [-0.3, -0.25) is 4.79 Å². The van der Waals surface area contributed by atoms with Crippen molar-refractivity contribution in [3.8, 4) is 11.5 Å². The van der Waals surface area contributed by atoms with Crippen LogP contribution in [0.15, 0.2) is 45.6 Å². The first-order chi connectivity index (χ1) is 12.5. The fourth-order valence-corrected chi connectivity index (χ4v) is 3.09. The number of carbonyl (C=O) groups is 1. The first kappa shape index (κ1) is 18.0. The molecular weight excluding hydrogens is 334 g/mol. The molecule has 26 heavy (non-hydrogen) atoms. The summed E-state index contributed by atoms with van der Waals surface area (Å²) < 4.78 is 15.9. The fourth-order valence-electron chi connectivity index (χ4n) is 3.09. The van der Waals surface area contributed by atoms with Crippen molar-refractivity contribution >= 4 is 5.91 Å². The predicted molar refractivity (Wildman–Crippen MR) is 96.6 cm³/mol. The van der Waals surface area contributed by atoms with Gasteiger partial charge >= 0.3 is 5.63 Å². The van der Waals surface area contributed by atoms with E-state index in [1.165, 1.54) is 6.07 Å². The molecule has 1 amide bonds. The molecule has 1 aliphatic heterocycles. The fraction of sp³-hybridized carbons (Fsp3) is 0.400. The van der Waals surface area contributed by atoms with Gasteiger partial charge in [0.25, 0.3) is 0 Å². The highest BCUT2D eigenvalue weighted by molar-refractivity contribution is 5.76. The Bertz CT molecular complexity index is 812. The second-order valence-electron chi connectivity index (χ2n) is 6.44. The van der Waals surface area contributed by atoms with Gasteiger partial charge in [-0.15, -0.1) is 0 Å². The molecule has 2 aromatic rings. The van der Waals surface area contributed by atoms with Crippen LogP contribution in [0.25, 0.3) is 0 Å². The van der Waals surface area contributed by atoms with E-state index < -0.39 is 5.63 Å². The minimum absolute atomic E-state index is 0.0962. The number of aryl methyl sites for hydroxylation is 2. The van der Waals surface area contributed by atoms with Gasteiger partial charge in [0.05, 0.1) is 19.7 Å². The zero-order valence-electron chi connectivity index (χ0n) is 15.1. The maximum atomic E-state index is 12.4. The zero-order valence-corrected chi connectivity index (χ0v) is 15.1. The molecule has 1 aliphatic rings. The van der Waals surface area contributed by atoms with Crippen LogP contribution in [0.3, 0.4) is 0 Å². The van der Waals surface area contributed by atoms with E-state index in [1.54, 1.807) is 20.1 Å². The first-order valence-corrected chi connectivity index (χ1v) is 8.72. The Balaban J connectivity index is 1.49. The van der Waals surface area contributed by atoms with Crippen LogP contribution in [0.4, 0.5) is 0 Å². The summed E-state index contributed by atoms with van der Waals surface area (Å²) >= 11 is 0.